The monoisotopic (exact) mass is 782 g/mol. The highest BCUT2D eigenvalue weighted by Crippen LogP contribution is 2.58. The van der Waals surface area contributed by atoms with Crippen LogP contribution in [-0.4, -0.2) is 6.85 Å². The number of nitrogens with zero attached hydrogens (tertiary/aromatic N) is 2. The third-order valence-electron chi connectivity index (χ3n) is 13.8. The summed E-state index contributed by atoms with van der Waals surface area (Å²) in [5, 5.41) is 7.37. The summed E-state index contributed by atoms with van der Waals surface area (Å²) in [5.41, 5.74) is 17.7. The average Bonchev–Trinajstić information content (AvgIpc) is 3.87. The van der Waals surface area contributed by atoms with Crippen LogP contribution in [0.1, 0.15) is 25.0 Å². The fourth-order valence-corrected chi connectivity index (χ4v) is 12.3. The van der Waals surface area contributed by atoms with Crippen molar-refractivity contribution in [3.8, 4) is 22.3 Å². The molecule has 0 bridgehead atoms. The molecule has 14 rings (SSSR count). The Morgan fingerprint density at radius 3 is 2.15 bits per heavy atom. The van der Waals surface area contributed by atoms with Crippen LogP contribution in [0.3, 0.4) is 0 Å². The third-order valence-corrected chi connectivity index (χ3v) is 15.0. The van der Waals surface area contributed by atoms with Crippen LogP contribution in [0.5, 0.6) is 0 Å². The number of anilines is 5. The lowest BCUT2D eigenvalue weighted by Gasteiger charge is -2.50. The number of benzene rings is 9. The van der Waals surface area contributed by atoms with Crippen molar-refractivity contribution in [2.24, 2.45) is 0 Å². The van der Waals surface area contributed by atoms with Crippen molar-refractivity contribution in [2.75, 3.05) is 9.71 Å². The topological polar surface area (TPSA) is 19.6 Å². The molecule has 3 aliphatic heterocycles. The van der Waals surface area contributed by atoms with Crippen LogP contribution in [0, 0.1) is 0 Å². The smallest absolute Gasteiger partial charge is 0.333 e. The number of rotatable bonds is 2. The largest absolute Gasteiger partial charge is 0.454 e. The van der Waals surface area contributed by atoms with Crippen molar-refractivity contribution in [1.29, 1.82) is 0 Å². The number of thiophene rings is 1. The molecule has 0 saturated carbocycles. The van der Waals surface area contributed by atoms with Gasteiger partial charge in [-0.2, -0.15) is 0 Å². The van der Waals surface area contributed by atoms with Gasteiger partial charge in [0.25, 0.3) is 0 Å². The standard InChI is InChI=1S/C55H35BN2OS/c1-55(2)42-21-13-22-44-51(42)57(47-30-34-17-7-6-16-33(34)28-43(47)55)52-50-40(31-41-37-18-8-10-24-48(37)59-53(41)52)36-27-26-35(32-14-4-3-5-15-32)29-46(36)58(56(44)50)45-23-12-20-39-38-19-9-11-25-49(38)60-54(39)45/h3-31H,1-2H3. The molecule has 0 amide bonds. The number of hydrogen-bond donors (Lipinski definition) is 0. The van der Waals surface area contributed by atoms with Crippen LogP contribution in [0.15, 0.2) is 180 Å². The Hall–Kier alpha value is -7.08. The maximum absolute atomic E-state index is 7.15. The third kappa shape index (κ3) is 4.15. The molecule has 0 atom stereocenters. The summed E-state index contributed by atoms with van der Waals surface area (Å²) in [6.07, 6.45) is 0. The lowest BCUT2D eigenvalue weighted by molar-refractivity contribution is 0.632. The summed E-state index contributed by atoms with van der Waals surface area (Å²) >= 11 is 1.90. The van der Waals surface area contributed by atoms with Gasteiger partial charge >= 0.3 is 6.85 Å². The molecule has 0 radical (unpaired) electrons. The maximum Gasteiger partial charge on any atom is 0.333 e. The zero-order valence-corrected chi connectivity index (χ0v) is 33.8. The number of furan rings is 1. The molecule has 5 heterocycles. The van der Waals surface area contributed by atoms with E-state index < -0.39 is 0 Å². The Kier molecular flexibility index (Phi) is 6.33. The van der Waals surface area contributed by atoms with Crippen LogP contribution in [-0.2, 0) is 5.41 Å². The molecule has 3 aliphatic rings. The van der Waals surface area contributed by atoms with Crippen molar-refractivity contribution in [1.82, 2.24) is 0 Å². The van der Waals surface area contributed by atoms with E-state index in [0.29, 0.717) is 0 Å². The lowest BCUT2D eigenvalue weighted by Crippen LogP contribution is -2.62. The van der Waals surface area contributed by atoms with Gasteiger partial charge in [-0.1, -0.05) is 147 Å². The highest BCUT2D eigenvalue weighted by Gasteiger charge is 2.51. The van der Waals surface area contributed by atoms with Gasteiger partial charge in [-0.05, 0) is 92.0 Å². The first-order valence-corrected chi connectivity index (χ1v) is 21.7. The molecule has 60 heavy (non-hydrogen) atoms. The van der Waals surface area contributed by atoms with Gasteiger partial charge < -0.3 is 14.1 Å². The molecular weight excluding hydrogens is 747 g/mol. The molecule has 0 aliphatic carbocycles. The van der Waals surface area contributed by atoms with Crippen LogP contribution < -0.4 is 20.6 Å². The minimum absolute atomic E-state index is 0.147. The van der Waals surface area contributed by atoms with E-state index in [1.54, 1.807) is 0 Å². The Labute approximate surface area is 351 Å². The molecule has 0 N–H and O–H groups in total. The Bertz CT molecular complexity index is 3670. The second-order valence-corrected chi connectivity index (χ2v) is 18.3. The summed E-state index contributed by atoms with van der Waals surface area (Å²) < 4.78 is 9.75. The van der Waals surface area contributed by atoms with Gasteiger partial charge in [-0.25, -0.2) is 0 Å². The van der Waals surface area contributed by atoms with Gasteiger partial charge in [0.15, 0.2) is 5.58 Å². The summed E-state index contributed by atoms with van der Waals surface area (Å²) in [5.74, 6) is 0. The van der Waals surface area contributed by atoms with Crippen LogP contribution in [0.4, 0.5) is 28.4 Å². The quantitative estimate of drug-likeness (QED) is 0.163. The fourth-order valence-electron chi connectivity index (χ4n) is 11.0. The Balaban J connectivity index is 1.18. The highest BCUT2D eigenvalue weighted by molar-refractivity contribution is 7.26. The van der Waals surface area contributed by atoms with Crippen LogP contribution >= 0.6 is 11.3 Å². The van der Waals surface area contributed by atoms with Crippen LogP contribution in [0.2, 0.25) is 0 Å². The van der Waals surface area contributed by atoms with Gasteiger partial charge in [0.2, 0.25) is 0 Å². The van der Waals surface area contributed by atoms with E-state index in [9.17, 15) is 0 Å². The molecule has 3 nitrogen and oxygen atoms in total. The molecule has 9 aromatic carbocycles. The van der Waals surface area contributed by atoms with Crippen molar-refractivity contribution >= 4 is 110 Å². The second-order valence-electron chi connectivity index (χ2n) is 17.2. The van der Waals surface area contributed by atoms with E-state index >= 15 is 0 Å². The minimum atomic E-state index is -0.271. The maximum atomic E-state index is 7.15. The van der Waals surface area contributed by atoms with Crippen molar-refractivity contribution in [2.45, 2.75) is 19.3 Å². The number of fused-ring (bicyclic) bond motifs is 14. The molecule has 0 spiro atoms. The molecule has 11 aromatic rings. The van der Waals surface area contributed by atoms with E-state index in [0.717, 1.165) is 27.6 Å². The number of hydrogen-bond acceptors (Lipinski definition) is 4. The molecule has 0 unspecified atom stereocenters. The summed E-state index contributed by atoms with van der Waals surface area (Å²) in [6, 6.07) is 65.5. The van der Waals surface area contributed by atoms with Crippen molar-refractivity contribution < 1.29 is 4.42 Å². The van der Waals surface area contributed by atoms with Gasteiger partial charge in [-0.15, -0.1) is 11.3 Å². The SMILES string of the molecule is CC1(C)c2cc3ccccc3cc2N2c3c(cccc31)B1c3c(cc4c(oc5ccccc54)c32)-c2ccc(-c3ccccc3)cc2N1c1cccc2c1sc1ccccc12. The normalized spacial score (nSPS) is 14.5. The van der Waals surface area contributed by atoms with E-state index in [4.69, 9.17) is 4.42 Å². The Morgan fingerprint density at radius 2 is 1.27 bits per heavy atom. The first kappa shape index (κ1) is 32.8. The summed E-state index contributed by atoms with van der Waals surface area (Å²) in [6.45, 7) is 4.67. The molecule has 0 fully saturated rings. The molecule has 280 valence electrons. The highest BCUT2D eigenvalue weighted by atomic mass is 32.1. The van der Waals surface area contributed by atoms with E-state index in [-0.39, 0.29) is 12.3 Å². The summed E-state index contributed by atoms with van der Waals surface area (Å²) in [4.78, 5) is 5.29. The van der Waals surface area contributed by atoms with Gasteiger partial charge in [0.05, 0.1) is 16.1 Å². The first-order chi connectivity index (χ1) is 29.5. The van der Waals surface area contributed by atoms with Crippen molar-refractivity contribution in [3.63, 3.8) is 0 Å². The van der Waals surface area contributed by atoms with Crippen LogP contribution in [0.25, 0.3) is 75.1 Å². The molecule has 0 saturated heterocycles. The zero-order valence-electron chi connectivity index (χ0n) is 33.0. The average molecular weight is 783 g/mol. The van der Waals surface area contributed by atoms with Gasteiger partial charge in [0.1, 0.15) is 5.58 Å². The summed E-state index contributed by atoms with van der Waals surface area (Å²) in [7, 11) is 0. The van der Waals surface area contributed by atoms with Gasteiger partial charge in [-0.3, -0.25) is 0 Å². The van der Waals surface area contributed by atoms with Gasteiger partial charge in [0, 0.05) is 54.3 Å². The molecule has 2 aromatic heterocycles. The first-order valence-electron chi connectivity index (χ1n) is 20.9. The van der Waals surface area contributed by atoms with E-state index in [1.807, 2.05) is 11.3 Å². The van der Waals surface area contributed by atoms with E-state index in [1.165, 1.54) is 98.0 Å². The lowest BCUT2D eigenvalue weighted by atomic mass is 9.42. The zero-order chi connectivity index (χ0) is 39.4. The predicted molar refractivity (Wildman–Crippen MR) is 255 cm³/mol. The van der Waals surface area contributed by atoms with Crippen molar-refractivity contribution in [3.05, 3.63) is 187 Å². The predicted octanol–water partition coefficient (Wildman–Crippen LogP) is 14.1. The molecular formula is C55H35BN2OS. The minimum Gasteiger partial charge on any atom is -0.454 e. The second kappa shape index (κ2) is 11.6. The van der Waals surface area contributed by atoms with E-state index in [2.05, 4.69) is 199 Å². The molecule has 5 heteroatoms. The number of para-hydroxylation sites is 2. The fraction of sp³-hybridized carbons (Fsp3) is 0.0545. The Morgan fingerprint density at radius 1 is 0.517 bits per heavy atom.